The number of ether oxygens (including phenoxy) is 1. The van der Waals surface area contributed by atoms with Crippen molar-refractivity contribution < 1.29 is 9.26 Å². The molecule has 3 rings (SSSR count). The van der Waals surface area contributed by atoms with Crippen molar-refractivity contribution in [2.24, 2.45) is 5.92 Å². The van der Waals surface area contributed by atoms with Gasteiger partial charge in [0.1, 0.15) is 6.54 Å². The quantitative estimate of drug-likeness (QED) is 0.847. The molecule has 18 heavy (non-hydrogen) atoms. The number of anilines is 1. The Hall–Kier alpha value is -1.89. The number of aromatic nitrogens is 4. The molecule has 1 unspecified atom stereocenters. The molecule has 0 aromatic carbocycles. The van der Waals surface area contributed by atoms with Gasteiger partial charge in [0.05, 0.1) is 11.9 Å². The fourth-order valence-corrected chi connectivity index (χ4v) is 2.04. The highest BCUT2D eigenvalue weighted by Gasteiger charge is 2.19. The van der Waals surface area contributed by atoms with E-state index < -0.39 is 0 Å². The summed E-state index contributed by atoms with van der Waals surface area (Å²) in [6, 6.07) is 0. The second kappa shape index (κ2) is 4.77. The van der Waals surface area contributed by atoms with Gasteiger partial charge >= 0.3 is 0 Å². The summed E-state index contributed by atoms with van der Waals surface area (Å²) in [4.78, 5) is 4.34. The molecule has 7 nitrogen and oxygen atoms in total. The van der Waals surface area contributed by atoms with Gasteiger partial charge in [-0.1, -0.05) is 5.16 Å². The maximum Gasteiger partial charge on any atom is 0.248 e. The molecule has 0 spiro atoms. The maximum atomic E-state index is 5.58. The Morgan fingerprint density at radius 3 is 3.17 bits per heavy atom. The minimum atomic E-state index is 0.450. The number of nitrogens with two attached hydrogens (primary N) is 1. The molecule has 2 aromatic rings. The summed E-state index contributed by atoms with van der Waals surface area (Å²) >= 11 is 0. The third-order valence-electron chi connectivity index (χ3n) is 2.96. The van der Waals surface area contributed by atoms with E-state index in [0.717, 1.165) is 31.9 Å². The van der Waals surface area contributed by atoms with E-state index in [1.54, 1.807) is 17.1 Å². The molecule has 1 aliphatic rings. The average molecular weight is 249 g/mol. The molecule has 1 aliphatic heterocycles. The molecule has 7 heteroatoms. The zero-order chi connectivity index (χ0) is 12.4. The van der Waals surface area contributed by atoms with Crippen LogP contribution in [0.25, 0.3) is 0 Å². The molecular formula is C11H15N5O2. The molecule has 0 radical (unpaired) electrons. The van der Waals surface area contributed by atoms with Gasteiger partial charge in [-0.3, -0.25) is 4.68 Å². The lowest BCUT2D eigenvalue weighted by molar-refractivity contribution is 0.185. The molecular weight excluding hydrogens is 234 g/mol. The van der Waals surface area contributed by atoms with Crippen LogP contribution in [0.4, 0.5) is 5.69 Å². The van der Waals surface area contributed by atoms with Crippen LogP contribution in [0, 0.1) is 5.92 Å². The van der Waals surface area contributed by atoms with Crippen LogP contribution in [0.2, 0.25) is 0 Å². The van der Waals surface area contributed by atoms with Gasteiger partial charge in [-0.25, -0.2) is 0 Å². The third-order valence-corrected chi connectivity index (χ3v) is 2.96. The van der Waals surface area contributed by atoms with Gasteiger partial charge in [0, 0.05) is 25.8 Å². The van der Waals surface area contributed by atoms with Gasteiger partial charge in [0.15, 0.2) is 5.82 Å². The number of hydrogen-bond donors (Lipinski definition) is 1. The Morgan fingerprint density at radius 1 is 1.50 bits per heavy atom. The lowest BCUT2D eigenvalue weighted by atomic mass is 10.1. The van der Waals surface area contributed by atoms with E-state index >= 15 is 0 Å². The molecule has 1 saturated heterocycles. The van der Waals surface area contributed by atoms with Gasteiger partial charge in [-0.2, -0.15) is 10.1 Å². The Morgan fingerprint density at radius 2 is 2.44 bits per heavy atom. The largest absolute Gasteiger partial charge is 0.396 e. The summed E-state index contributed by atoms with van der Waals surface area (Å²) in [6.07, 6.45) is 5.20. The SMILES string of the molecule is Nc1cnn(Cc2nc(CC3CCOC3)no2)c1. The first kappa shape index (κ1) is 11.2. The fourth-order valence-electron chi connectivity index (χ4n) is 2.04. The highest BCUT2D eigenvalue weighted by atomic mass is 16.5. The summed E-state index contributed by atoms with van der Waals surface area (Å²) in [5.74, 6) is 1.79. The van der Waals surface area contributed by atoms with Crippen LogP contribution < -0.4 is 5.73 Å². The van der Waals surface area contributed by atoms with Gasteiger partial charge in [0.25, 0.3) is 0 Å². The first-order chi connectivity index (χ1) is 8.79. The number of hydrogen-bond acceptors (Lipinski definition) is 6. The molecule has 1 fully saturated rings. The van der Waals surface area contributed by atoms with Gasteiger partial charge < -0.3 is 15.0 Å². The molecule has 0 saturated carbocycles. The minimum absolute atomic E-state index is 0.450. The Kier molecular flexibility index (Phi) is 2.97. The van der Waals surface area contributed by atoms with Crippen molar-refractivity contribution in [1.82, 2.24) is 19.9 Å². The van der Waals surface area contributed by atoms with Crippen molar-refractivity contribution in [2.75, 3.05) is 18.9 Å². The normalized spacial score (nSPS) is 19.4. The van der Waals surface area contributed by atoms with E-state index in [0.29, 0.717) is 24.0 Å². The van der Waals surface area contributed by atoms with Crippen LogP contribution in [0.3, 0.4) is 0 Å². The Balaban J connectivity index is 1.62. The first-order valence-corrected chi connectivity index (χ1v) is 5.97. The van der Waals surface area contributed by atoms with Crippen molar-refractivity contribution in [1.29, 1.82) is 0 Å². The number of nitrogens with zero attached hydrogens (tertiary/aromatic N) is 4. The maximum absolute atomic E-state index is 5.58. The standard InChI is InChI=1S/C11H15N5O2/c12-9-4-13-16(5-9)6-11-14-10(15-18-11)3-8-1-2-17-7-8/h4-5,8H,1-3,6-7,12H2. The van der Waals surface area contributed by atoms with Crippen LogP contribution in [0.15, 0.2) is 16.9 Å². The summed E-state index contributed by atoms with van der Waals surface area (Å²) in [5, 5.41) is 8.04. The molecule has 96 valence electrons. The number of nitrogen functional groups attached to an aromatic ring is 1. The van der Waals surface area contributed by atoms with Crippen LogP contribution in [-0.4, -0.2) is 33.1 Å². The van der Waals surface area contributed by atoms with Gasteiger partial charge in [-0.15, -0.1) is 0 Å². The van der Waals surface area contributed by atoms with E-state index in [2.05, 4.69) is 15.2 Å². The summed E-state index contributed by atoms with van der Waals surface area (Å²) in [6.45, 7) is 2.08. The van der Waals surface area contributed by atoms with Gasteiger partial charge in [0.2, 0.25) is 5.89 Å². The smallest absolute Gasteiger partial charge is 0.248 e. The molecule has 2 aromatic heterocycles. The number of rotatable bonds is 4. The zero-order valence-electron chi connectivity index (χ0n) is 9.95. The molecule has 0 amide bonds. The molecule has 3 heterocycles. The van der Waals surface area contributed by atoms with E-state index in [1.165, 1.54) is 0 Å². The second-order valence-electron chi connectivity index (χ2n) is 4.51. The zero-order valence-corrected chi connectivity index (χ0v) is 9.95. The summed E-state index contributed by atoms with van der Waals surface area (Å²) in [7, 11) is 0. The first-order valence-electron chi connectivity index (χ1n) is 5.97. The van der Waals surface area contributed by atoms with E-state index in [4.69, 9.17) is 15.0 Å². The lowest BCUT2D eigenvalue weighted by Crippen LogP contribution is -2.05. The van der Waals surface area contributed by atoms with Crippen LogP contribution in [-0.2, 0) is 17.7 Å². The van der Waals surface area contributed by atoms with Crippen LogP contribution in [0.1, 0.15) is 18.1 Å². The van der Waals surface area contributed by atoms with Crippen molar-refractivity contribution in [3.63, 3.8) is 0 Å². The molecule has 0 bridgehead atoms. The highest BCUT2D eigenvalue weighted by molar-refractivity contribution is 5.30. The average Bonchev–Trinajstić information content (AvgIpc) is 3.04. The van der Waals surface area contributed by atoms with E-state index in [1.807, 2.05) is 0 Å². The molecule has 0 aliphatic carbocycles. The van der Waals surface area contributed by atoms with Crippen LogP contribution in [0.5, 0.6) is 0 Å². The second-order valence-corrected chi connectivity index (χ2v) is 4.51. The van der Waals surface area contributed by atoms with Crippen molar-refractivity contribution in [2.45, 2.75) is 19.4 Å². The van der Waals surface area contributed by atoms with E-state index in [9.17, 15) is 0 Å². The van der Waals surface area contributed by atoms with Crippen molar-refractivity contribution in [3.05, 3.63) is 24.1 Å². The van der Waals surface area contributed by atoms with Crippen molar-refractivity contribution in [3.8, 4) is 0 Å². The highest BCUT2D eigenvalue weighted by Crippen LogP contribution is 2.16. The molecule has 1 atom stereocenters. The van der Waals surface area contributed by atoms with Crippen molar-refractivity contribution >= 4 is 5.69 Å². The lowest BCUT2D eigenvalue weighted by Gasteiger charge is -2.00. The Bertz CT molecular complexity index is 515. The summed E-state index contributed by atoms with van der Waals surface area (Å²) < 4.78 is 12.2. The predicted molar refractivity (Wildman–Crippen MR) is 62.7 cm³/mol. The predicted octanol–water partition coefficient (Wildman–Crippen LogP) is 0.476. The summed E-state index contributed by atoms with van der Waals surface area (Å²) in [5.41, 5.74) is 6.21. The van der Waals surface area contributed by atoms with E-state index in [-0.39, 0.29) is 0 Å². The molecule has 2 N–H and O–H groups in total. The minimum Gasteiger partial charge on any atom is -0.396 e. The van der Waals surface area contributed by atoms with Gasteiger partial charge in [-0.05, 0) is 12.3 Å². The third kappa shape index (κ3) is 2.51. The fraction of sp³-hybridized carbons (Fsp3) is 0.545. The van der Waals surface area contributed by atoms with Crippen LogP contribution >= 0.6 is 0 Å². The Labute approximate surface area is 104 Å². The topological polar surface area (TPSA) is 92.0 Å². The monoisotopic (exact) mass is 249 g/mol.